The molecule has 4 nitrogen and oxygen atoms in total. The van der Waals surface area contributed by atoms with Crippen LogP contribution in [0.5, 0.6) is 11.5 Å². The molecule has 31 heavy (non-hydrogen) atoms. The first-order valence-electron chi connectivity index (χ1n) is 9.02. The van der Waals surface area contributed by atoms with E-state index in [2.05, 4.69) is 5.32 Å². The molecule has 162 valence electrons. The quantitative estimate of drug-likeness (QED) is 0.427. The fraction of sp³-hybridized carbons (Fsp3) is 0.136. The maximum absolute atomic E-state index is 13.1. The molecule has 0 atom stereocenters. The van der Waals surface area contributed by atoms with Crippen LogP contribution in [0.2, 0.25) is 10.0 Å². The van der Waals surface area contributed by atoms with Crippen LogP contribution in [0.3, 0.4) is 0 Å². The maximum atomic E-state index is 13.1. The van der Waals surface area contributed by atoms with Gasteiger partial charge in [0.15, 0.2) is 0 Å². The molecule has 0 saturated carbocycles. The molecule has 0 saturated heterocycles. The van der Waals surface area contributed by atoms with Gasteiger partial charge in [-0.1, -0.05) is 41.4 Å². The summed E-state index contributed by atoms with van der Waals surface area (Å²) in [5.74, 6) is -0.733. The van der Waals surface area contributed by atoms with Crippen molar-refractivity contribution in [2.24, 2.45) is 0 Å². The molecule has 3 aromatic rings. The minimum atomic E-state index is -4.47. The van der Waals surface area contributed by atoms with Gasteiger partial charge in [-0.15, -0.1) is 0 Å². The van der Waals surface area contributed by atoms with Crippen LogP contribution < -0.4 is 10.1 Å². The van der Waals surface area contributed by atoms with E-state index in [1.54, 1.807) is 0 Å². The van der Waals surface area contributed by atoms with Gasteiger partial charge >= 0.3 is 6.18 Å². The van der Waals surface area contributed by atoms with Gasteiger partial charge in [0, 0.05) is 22.5 Å². The van der Waals surface area contributed by atoms with E-state index >= 15 is 0 Å². The zero-order valence-electron chi connectivity index (χ0n) is 15.8. The summed E-state index contributed by atoms with van der Waals surface area (Å²) in [6.07, 6.45) is -4.48. The zero-order chi connectivity index (χ0) is 22.6. The van der Waals surface area contributed by atoms with Crippen molar-refractivity contribution in [3.63, 3.8) is 0 Å². The summed E-state index contributed by atoms with van der Waals surface area (Å²) in [5, 5.41) is 13.1. The Balaban J connectivity index is 1.76. The first-order valence-corrected chi connectivity index (χ1v) is 9.78. The van der Waals surface area contributed by atoms with Gasteiger partial charge in [-0.2, -0.15) is 13.2 Å². The average Bonchev–Trinajstić information content (AvgIpc) is 2.71. The fourth-order valence-electron chi connectivity index (χ4n) is 2.88. The topological polar surface area (TPSA) is 58.6 Å². The van der Waals surface area contributed by atoms with Crippen LogP contribution in [-0.2, 0) is 12.6 Å². The van der Waals surface area contributed by atoms with Gasteiger partial charge in [0.25, 0.3) is 5.91 Å². The largest absolute Gasteiger partial charge is 0.507 e. The molecule has 3 rings (SSSR count). The number of hydrogen-bond acceptors (Lipinski definition) is 3. The molecule has 3 aromatic carbocycles. The van der Waals surface area contributed by atoms with Gasteiger partial charge in [-0.25, -0.2) is 0 Å². The number of halogens is 5. The molecule has 0 heterocycles. The number of hydrogen-bond donors (Lipinski definition) is 2. The molecule has 1 amide bonds. The smallest absolute Gasteiger partial charge is 0.416 e. The van der Waals surface area contributed by atoms with E-state index in [9.17, 15) is 23.1 Å². The number of aromatic hydroxyl groups is 1. The van der Waals surface area contributed by atoms with Gasteiger partial charge in [0.05, 0.1) is 23.4 Å². The van der Waals surface area contributed by atoms with E-state index < -0.39 is 17.6 Å². The van der Waals surface area contributed by atoms with Crippen molar-refractivity contribution in [3.05, 3.63) is 87.4 Å². The van der Waals surface area contributed by atoms with E-state index in [0.717, 1.165) is 6.07 Å². The Morgan fingerprint density at radius 1 is 1.00 bits per heavy atom. The molecule has 0 aliphatic heterocycles. The van der Waals surface area contributed by atoms with Gasteiger partial charge in [-0.05, 0) is 42.0 Å². The van der Waals surface area contributed by atoms with Crippen molar-refractivity contribution in [1.82, 2.24) is 0 Å². The second-order valence-electron chi connectivity index (χ2n) is 6.51. The monoisotopic (exact) mass is 469 g/mol. The molecule has 0 bridgehead atoms. The Labute approximate surface area is 186 Å². The van der Waals surface area contributed by atoms with Crippen LogP contribution in [0, 0.1) is 0 Å². The standard InChI is InChI=1S/C22H16Cl2F3NO3/c23-14-6-8-19(29)16(11-14)21(30)28-18-7-5-15(24)12-20(18)31-10-9-13-3-1-2-4-17(13)22(25,26)27/h1-8,11-12,29H,9-10H2,(H,28,30). The van der Waals surface area contributed by atoms with Crippen LogP contribution in [0.1, 0.15) is 21.5 Å². The van der Waals surface area contributed by atoms with Crippen molar-refractivity contribution in [3.8, 4) is 11.5 Å². The second-order valence-corrected chi connectivity index (χ2v) is 7.38. The highest BCUT2D eigenvalue weighted by molar-refractivity contribution is 6.31. The zero-order valence-corrected chi connectivity index (χ0v) is 17.4. The lowest BCUT2D eigenvalue weighted by atomic mass is 10.0. The van der Waals surface area contributed by atoms with Crippen molar-refractivity contribution in [2.45, 2.75) is 12.6 Å². The van der Waals surface area contributed by atoms with E-state index in [4.69, 9.17) is 27.9 Å². The van der Waals surface area contributed by atoms with Crippen LogP contribution in [-0.4, -0.2) is 17.6 Å². The van der Waals surface area contributed by atoms with E-state index in [1.165, 1.54) is 54.6 Å². The van der Waals surface area contributed by atoms with Gasteiger partial charge in [-0.3, -0.25) is 4.79 Å². The van der Waals surface area contributed by atoms with E-state index in [-0.39, 0.29) is 46.4 Å². The number of amides is 1. The third kappa shape index (κ3) is 5.83. The number of alkyl halides is 3. The van der Waals surface area contributed by atoms with Gasteiger partial charge < -0.3 is 15.2 Å². The van der Waals surface area contributed by atoms with Gasteiger partial charge in [0.2, 0.25) is 0 Å². The lowest BCUT2D eigenvalue weighted by Crippen LogP contribution is -2.14. The normalized spacial score (nSPS) is 11.3. The number of benzene rings is 3. The third-order valence-electron chi connectivity index (χ3n) is 4.35. The summed E-state index contributed by atoms with van der Waals surface area (Å²) in [6, 6.07) is 13.7. The molecule has 0 aliphatic rings. The minimum absolute atomic E-state index is 0.00926. The molecule has 0 fully saturated rings. The molecule has 0 aliphatic carbocycles. The number of nitrogens with one attached hydrogen (secondary N) is 1. The number of rotatable bonds is 6. The number of carbonyl (C=O) groups is 1. The predicted molar refractivity (Wildman–Crippen MR) is 113 cm³/mol. The van der Waals surface area contributed by atoms with E-state index in [1.807, 2.05) is 0 Å². The minimum Gasteiger partial charge on any atom is -0.507 e. The highest BCUT2D eigenvalue weighted by Gasteiger charge is 2.32. The summed E-state index contributed by atoms with van der Waals surface area (Å²) in [7, 11) is 0. The van der Waals surface area contributed by atoms with E-state index in [0.29, 0.717) is 5.02 Å². The van der Waals surface area contributed by atoms with Crippen molar-refractivity contribution >= 4 is 34.8 Å². The van der Waals surface area contributed by atoms with Crippen LogP contribution in [0.15, 0.2) is 60.7 Å². The van der Waals surface area contributed by atoms with Crippen LogP contribution >= 0.6 is 23.2 Å². The lowest BCUT2D eigenvalue weighted by Gasteiger charge is -2.15. The highest BCUT2D eigenvalue weighted by atomic mass is 35.5. The Morgan fingerprint density at radius 3 is 2.42 bits per heavy atom. The number of phenols is 1. The first-order chi connectivity index (χ1) is 14.6. The average molecular weight is 470 g/mol. The molecule has 9 heteroatoms. The van der Waals surface area contributed by atoms with Crippen molar-refractivity contribution in [2.75, 3.05) is 11.9 Å². The number of phenolic OH excluding ortho intramolecular Hbond substituents is 1. The maximum Gasteiger partial charge on any atom is 0.416 e. The number of anilines is 1. The molecule has 0 unspecified atom stereocenters. The molecular weight excluding hydrogens is 454 g/mol. The predicted octanol–water partition coefficient (Wildman–Crippen LogP) is 6.59. The van der Waals surface area contributed by atoms with Gasteiger partial charge in [0.1, 0.15) is 11.5 Å². The SMILES string of the molecule is O=C(Nc1ccc(Cl)cc1OCCc1ccccc1C(F)(F)F)c1cc(Cl)ccc1O. The van der Waals surface area contributed by atoms with Crippen LogP contribution in [0.4, 0.5) is 18.9 Å². The summed E-state index contributed by atoms with van der Waals surface area (Å²) < 4.78 is 45.1. The van der Waals surface area contributed by atoms with Crippen LogP contribution in [0.25, 0.3) is 0 Å². The summed E-state index contributed by atoms with van der Waals surface area (Å²) in [5.41, 5.74) is -0.452. The number of carbonyl (C=O) groups excluding carboxylic acids is 1. The lowest BCUT2D eigenvalue weighted by molar-refractivity contribution is -0.138. The van der Waals surface area contributed by atoms with Crippen molar-refractivity contribution in [1.29, 1.82) is 0 Å². The summed E-state index contributed by atoms with van der Waals surface area (Å²) >= 11 is 11.9. The second kappa shape index (κ2) is 9.49. The Hall–Kier alpha value is -2.90. The number of ether oxygens (including phenoxy) is 1. The first kappa shape index (κ1) is 22.8. The molecule has 2 N–H and O–H groups in total. The summed E-state index contributed by atoms with van der Waals surface area (Å²) in [4.78, 5) is 12.5. The third-order valence-corrected chi connectivity index (χ3v) is 4.82. The summed E-state index contributed by atoms with van der Waals surface area (Å²) in [6.45, 7) is -0.0846. The highest BCUT2D eigenvalue weighted by Crippen LogP contribution is 2.33. The molecule has 0 aromatic heterocycles. The Kier molecular flexibility index (Phi) is 6.97. The Morgan fingerprint density at radius 2 is 1.68 bits per heavy atom. The molecule has 0 spiro atoms. The molecule has 0 radical (unpaired) electrons. The molecular formula is C22H16Cl2F3NO3. The van der Waals surface area contributed by atoms with Crippen molar-refractivity contribution < 1.29 is 27.8 Å². The Bertz CT molecular complexity index is 1100. The fourth-order valence-corrected chi connectivity index (χ4v) is 3.22.